The number of aliphatic imine (C=N–C) groups is 1. The SMILES string of the molecule is O=C(O)[C@@H]1CCCN1CC[C@@H]1CSC(c2cc3cc(Cl)cc(NC4CCCC4)c3[nH]2)=N1. The van der Waals surface area contributed by atoms with Crippen molar-refractivity contribution in [2.75, 3.05) is 24.2 Å². The van der Waals surface area contributed by atoms with Crippen molar-refractivity contribution in [2.24, 2.45) is 4.99 Å². The van der Waals surface area contributed by atoms with E-state index >= 15 is 0 Å². The minimum atomic E-state index is -0.693. The van der Waals surface area contributed by atoms with Crippen molar-refractivity contribution in [3.63, 3.8) is 0 Å². The maximum Gasteiger partial charge on any atom is 0.320 e. The van der Waals surface area contributed by atoms with Gasteiger partial charge in [0, 0.05) is 28.7 Å². The van der Waals surface area contributed by atoms with Gasteiger partial charge in [-0.2, -0.15) is 0 Å². The third kappa shape index (κ3) is 4.59. The Balaban J connectivity index is 1.29. The molecule has 1 aliphatic carbocycles. The van der Waals surface area contributed by atoms with E-state index in [2.05, 4.69) is 21.3 Å². The summed E-state index contributed by atoms with van der Waals surface area (Å²) in [6, 6.07) is 6.62. The van der Waals surface area contributed by atoms with Gasteiger partial charge >= 0.3 is 5.97 Å². The summed E-state index contributed by atoms with van der Waals surface area (Å²) in [6.07, 6.45) is 7.64. The lowest BCUT2D eigenvalue weighted by atomic mass is 10.2. The van der Waals surface area contributed by atoms with Gasteiger partial charge in [0.05, 0.1) is 22.9 Å². The topological polar surface area (TPSA) is 80.7 Å². The van der Waals surface area contributed by atoms with Gasteiger partial charge in [-0.1, -0.05) is 24.4 Å². The second kappa shape index (κ2) is 9.04. The van der Waals surface area contributed by atoms with E-state index in [1.165, 1.54) is 25.7 Å². The second-order valence-corrected chi connectivity index (χ2v) is 10.4. The van der Waals surface area contributed by atoms with E-state index in [9.17, 15) is 9.90 Å². The highest BCUT2D eigenvalue weighted by molar-refractivity contribution is 8.14. The minimum Gasteiger partial charge on any atom is -0.480 e. The largest absolute Gasteiger partial charge is 0.480 e. The number of anilines is 1. The predicted molar refractivity (Wildman–Crippen MR) is 129 cm³/mol. The Bertz CT molecular complexity index is 1000. The number of likely N-dealkylation sites (tertiary alicyclic amines) is 1. The van der Waals surface area contributed by atoms with Gasteiger partial charge < -0.3 is 15.4 Å². The molecule has 1 saturated heterocycles. The van der Waals surface area contributed by atoms with E-state index in [4.69, 9.17) is 16.6 Å². The van der Waals surface area contributed by atoms with Crippen molar-refractivity contribution in [3.8, 4) is 0 Å². The lowest BCUT2D eigenvalue weighted by Gasteiger charge is -2.21. The summed E-state index contributed by atoms with van der Waals surface area (Å²) in [5, 5.41) is 16.0. The normalized spacial score (nSPS) is 24.9. The number of aliphatic carboxylic acids is 1. The van der Waals surface area contributed by atoms with Crippen molar-refractivity contribution in [1.29, 1.82) is 0 Å². The molecule has 8 heteroatoms. The molecule has 2 atom stereocenters. The molecule has 1 aromatic carbocycles. The number of hydrogen-bond acceptors (Lipinski definition) is 5. The first kappa shape index (κ1) is 21.2. The molecule has 2 aromatic rings. The molecule has 3 heterocycles. The number of hydrogen-bond donors (Lipinski definition) is 3. The molecular weight excluding hydrogens is 432 g/mol. The molecule has 2 fully saturated rings. The number of H-pyrrole nitrogens is 1. The molecule has 5 rings (SSSR count). The van der Waals surface area contributed by atoms with Gasteiger partial charge in [0.25, 0.3) is 0 Å². The first-order chi connectivity index (χ1) is 15.1. The van der Waals surface area contributed by atoms with Crippen molar-refractivity contribution in [3.05, 3.63) is 28.9 Å². The minimum absolute atomic E-state index is 0.237. The Morgan fingerprint density at radius 2 is 2.10 bits per heavy atom. The summed E-state index contributed by atoms with van der Waals surface area (Å²) in [5.41, 5.74) is 3.22. The number of fused-ring (bicyclic) bond motifs is 1. The van der Waals surface area contributed by atoms with Crippen LogP contribution in [0.1, 0.15) is 50.6 Å². The zero-order chi connectivity index (χ0) is 21.4. The van der Waals surface area contributed by atoms with Crippen LogP contribution in [0.25, 0.3) is 10.9 Å². The number of aromatic amines is 1. The number of rotatable bonds is 7. The number of halogens is 1. The zero-order valence-electron chi connectivity index (χ0n) is 17.6. The summed E-state index contributed by atoms with van der Waals surface area (Å²) in [4.78, 5) is 22.0. The van der Waals surface area contributed by atoms with Gasteiger partial charge in [0.2, 0.25) is 0 Å². The van der Waals surface area contributed by atoms with Gasteiger partial charge in [0.15, 0.2) is 0 Å². The van der Waals surface area contributed by atoms with Crippen LogP contribution in [-0.4, -0.2) is 63.0 Å². The molecule has 166 valence electrons. The third-order valence-corrected chi connectivity index (χ3v) is 8.12. The van der Waals surface area contributed by atoms with Crippen molar-refractivity contribution in [2.45, 2.75) is 63.1 Å². The maximum atomic E-state index is 11.4. The predicted octanol–water partition coefficient (Wildman–Crippen LogP) is 4.98. The van der Waals surface area contributed by atoms with Crippen molar-refractivity contribution < 1.29 is 9.90 Å². The van der Waals surface area contributed by atoms with Gasteiger partial charge in [-0.05, 0) is 56.8 Å². The molecule has 3 aliphatic rings. The number of carbonyl (C=O) groups is 1. The molecule has 0 radical (unpaired) electrons. The summed E-state index contributed by atoms with van der Waals surface area (Å²) < 4.78 is 0. The molecular formula is C23H29ClN4O2S. The highest BCUT2D eigenvalue weighted by atomic mass is 35.5. The molecule has 2 aliphatic heterocycles. The molecule has 1 aromatic heterocycles. The van der Waals surface area contributed by atoms with E-state index in [-0.39, 0.29) is 12.1 Å². The molecule has 0 spiro atoms. The van der Waals surface area contributed by atoms with Gasteiger partial charge in [-0.25, -0.2) is 0 Å². The van der Waals surface area contributed by atoms with Crippen LogP contribution in [0.5, 0.6) is 0 Å². The Morgan fingerprint density at radius 1 is 1.26 bits per heavy atom. The van der Waals surface area contributed by atoms with E-state index in [0.717, 1.165) is 70.5 Å². The highest BCUT2D eigenvalue weighted by Gasteiger charge is 2.31. The lowest BCUT2D eigenvalue weighted by molar-refractivity contribution is -0.142. The molecule has 0 unspecified atom stereocenters. The number of nitrogens with zero attached hydrogens (tertiary/aromatic N) is 2. The average molecular weight is 461 g/mol. The van der Waals surface area contributed by atoms with Crippen LogP contribution in [0.4, 0.5) is 5.69 Å². The smallest absolute Gasteiger partial charge is 0.320 e. The van der Waals surface area contributed by atoms with Gasteiger partial charge in [0.1, 0.15) is 11.1 Å². The highest BCUT2D eigenvalue weighted by Crippen LogP contribution is 2.34. The lowest BCUT2D eigenvalue weighted by Crippen LogP contribution is -2.37. The number of nitrogens with one attached hydrogen (secondary N) is 2. The van der Waals surface area contributed by atoms with Crippen LogP contribution in [0, 0.1) is 0 Å². The Kier molecular flexibility index (Phi) is 6.17. The van der Waals surface area contributed by atoms with E-state index < -0.39 is 5.97 Å². The molecule has 6 nitrogen and oxygen atoms in total. The van der Waals surface area contributed by atoms with Crippen LogP contribution in [0.2, 0.25) is 5.02 Å². The number of carboxylic acid groups (broad SMARTS) is 1. The first-order valence-corrected chi connectivity index (χ1v) is 12.7. The number of carboxylic acids is 1. The first-order valence-electron chi connectivity index (χ1n) is 11.3. The molecule has 0 amide bonds. The number of thioether (sulfide) groups is 1. The van der Waals surface area contributed by atoms with Crippen LogP contribution >= 0.6 is 23.4 Å². The van der Waals surface area contributed by atoms with Crippen molar-refractivity contribution >= 4 is 51.0 Å². The van der Waals surface area contributed by atoms with Crippen LogP contribution in [0.15, 0.2) is 23.2 Å². The maximum absolute atomic E-state index is 11.4. The van der Waals surface area contributed by atoms with Gasteiger partial charge in [-0.15, -0.1) is 11.8 Å². The Labute approximate surface area is 191 Å². The van der Waals surface area contributed by atoms with E-state index in [0.29, 0.717) is 6.04 Å². The fourth-order valence-corrected chi connectivity index (χ4v) is 6.43. The molecule has 1 saturated carbocycles. The van der Waals surface area contributed by atoms with Crippen LogP contribution < -0.4 is 5.32 Å². The summed E-state index contributed by atoms with van der Waals surface area (Å²) in [7, 11) is 0. The Hall–Kier alpha value is -1.70. The van der Waals surface area contributed by atoms with Crippen molar-refractivity contribution in [1.82, 2.24) is 9.88 Å². The third-order valence-electron chi connectivity index (χ3n) is 6.75. The average Bonchev–Trinajstić information content (AvgIpc) is 3.51. The molecule has 31 heavy (non-hydrogen) atoms. The van der Waals surface area contributed by atoms with E-state index in [1.807, 2.05) is 12.1 Å². The summed E-state index contributed by atoms with van der Waals surface area (Å²) in [5.74, 6) is 0.255. The summed E-state index contributed by atoms with van der Waals surface area (Å²) in [6.45, 7) is 1.68. The monoisotopic (exact) mass is 460 g/mol. The zero-order valence-corrected chi connectivity index (χ0v) is 19.1. The standard InChI is InChI=1S/C23H29ClN4O2S/c24-15-10-14-11-19(27-21(14)18(12-15)25-16-4-1-2-5-16)22-26-17(13-31-22)7-9-28-8-3-6-20(28)23(29)30/h10-12,16-17,20,25,27H,1-9,13H2,(H,29,30)/t17-,20+/m1/s1. The number of aromatic nitrogens is 1. The fraction of sp³-hybridized carbons (Fsp3) is 0.565. The molecule has 0 bridgehead atoms. The quantitative estimate of drug-likeness (QED) is 0.543. The Morgan fingerprint density at radius 3 is 2.90 bits per heavy atom. The number of benzene rings is 1. The summed E-state index contributed by atoms with van der Waals surface area (Å²) >= 11 is 8.18. The van der Waals surface area contributed by atoms with Crippen LogP contribution in [0.3, 0.4) is 0 Å². The molecule has 3 N–H and O–H groups in total. The van der Waals surface area contributed by atoms with Crippen LogP contribution in [-0.2, 0) is 4.79 Å². The van der Waals surface area contributed by atoms with E-state index in [1.54, 1.807) is 11.8 Å². The second-order valence-electron chi connectivity index (χ2n) is 8.95. The fourth-order valence-electron chi connectivity index (χ4n) is 5.13. The van der Waals surface area contributed by atoms with Gasteiger partial charge in [-0.3, -0.25) is 14.7 Å².